The first-order chi connectivity index (χ1) is 9.10. The van der Waals surface area contributed by atoms with Gasteiger partial charge in [0, 0.05) is 6.54 Å². The largest absolute Gasteiger partial charge is 0.307 e. The van der Waals surface area contributed by atoms with E-state index in [2.05, 4.69) is 33.8 Å². The van der Waals surface area contributed by atoms with Crippen molar-refractivity contribution in [2.24, 2.45) is 0 Å². The summed E-state index contributed by atoms with van der Waals surface area (Å²) in [4.78, 5) is 1.11. The van der Waals surface area contributed by atoms with E-state index in [0.717, 1.165) is 22.8 Å². The van der Waals surface area contributed by atoms with Gasteiger partial charge in [0.15, 0.2) is 0 Å². The second-order valence-corrected chi connectivity index (χ2v) is 5.79. The van der Waals surface area contributed by atoms with E-state index in [-0.39, 0.29) is 6.04 Å². The summed E-state index contributed by atoms with van der Waals surface area (Å²) in [6.45, 7) is 7.06. The molecule has 1 N–H and O–H groups in total. The van der Waals surface area contributed by atoms with Crippen molar-refractivity contribution in [2.45, 2.75) is 39.3 Å². The molecular weight excluding hydrogens is 282 g/mol. The Bertz CT molecular complexity index is 548. The fourth-order valence-corrected chi connectivity index (χ4v) is 3.28. The highest BCUT2D eigenvalue weighted by Gasteiger charge is 2.26. The summed E-state index contributed by atoms with van der Waals surface area (Å²) >= 11 is 7.70. The second kappa shape index (κ2) is 5.98. The van der Waals surface area contributed by atoms with Crippen LogP contribution in [0.3, 0.4) is 0 Å². The Hall–Kier alpha value is -0.980. The summed E-state index contributed by atoms with van der Waals surface area (Å²) in [6, 6.07) is -0.0210. The molecule has 7 heteroatoms. The molecule has 2 rings (SSSR count). The SMILES string of the molecule is CCn1ncc(Cl)c1C(NC)c1snnc1C(C)C. The first kappa shape index (κ1) is 14.4. The van der Waals surface area contributed by atoms with Gasteiger partial charge in [-0.25, -0.2) is 0 Å². The van der Waals surface area contributed by atoms with Crippen molar-refractivity contribution >= 4 is 23.1 Å². The Morgan fingerprint density at radius 3 is 2.79 bits per heavy atom. The minimum absolute atomic E-state index is 0.0210. The van der Waals surface area contributed by atoms with E-state index >= 15 is 0 Å². The summed E-state index contributed by atoms with van der Waals surface area (Å²) in [5.41, 5.74) is 1.99. The lowest BCUT2D eigenvalue weighted by Gasteiger charge is -2.18. The lowest BCUT2D eigenvalue weighted by Crippen LogP contribution is -2.22. The second-order valence-electron chi connectivity index (χ2n) is 4.59. The van der Waals surface area contributed by atoms with Gasteiger partial charge in [-0.15, -0.1) is 5.10 Å². The zero-order chi connectivity index (χ0) is 14.0. The number of aromatic nitrogens is 4. The number of hydrogen-bond donors (Lipinski definition) is 1. The monoisotopic (exact) mass is 299 g/mol. The number of nitrogens with one attached hydrogen (secondary N) is 1. The van der Waals surface area contributed by atoms with Gasteiger partial charge in [-0.1, -0.05) is 29.9 Å². The third kappa shape index (κ3) is 2.66. The molecule has 104 valence electrons. The van der Waals surface area contributed by atoms with Crippen LogP contribution in [0.25, 0.3) is 0 Å². The lowest BCUT2D eigenvalue weighted by atomic mass is 10.0. The minimum Gasteiger partial charge on any atom is -0.307 e. The highest BCUT2D eigenvalue weighted by atomic mass is 35.5. The molecule has 0 bridgehead atoms. The average molecular weight is 300 g/mol. The van der Waals surface area contributed by atoms with Crippen LogP contribution in [0.4, 0.5) is 0 Å². The van der Waals surface area contributed by atoms with Crippen LogP contribution in [0.5, 0.6) is 0 Å². The Morgan fingerprint density at radius 2 is 2.21 bits per heavy atom. The van der Waals surface area contributed by atoms with Crippen molar-refractivity contribution in [1.29, 1.82) is 0 Å². The van der Waals surface area contributed by atoms with Crippen molar-refractivity contribution in [3.05, 3.63) is 27.5 Å². The zero-order valence-electron chi connectivity index (χ0n) is 11.5. The first-order valence-corrected chi connectivity index (χ1v) is 7.45. The molecule has 0 saturated heterocycles. The highest BCUT2D eigenvalue weighted by molar-refractivity contribution is 7.05. The number of halogens is 1. The Kier molecular flexibility index (Phi) is 4.54. The smallest absolute Gasteiger partial charge is 0.0890 e. The van der Waals surface area contributed by atoms with E-state index < -0.39 is 0 Å². The average Bonchev–Trinajstić information content (AvgIpc) is 2.99. The predicted molar refractivity (Wildman–Crippen MR) is 77.8 cm³/mol. The van der Waals surface area contributed by atoms with Crippen LogP contribution in [0.1, 0.15) is 49.0 Å². The van der Waals surface area contributed by atoms with Crippen molar-refractivity contribution in [3.63, 3.8) is 0 Å². The lowest BCUT2D eigenvalue weighted by molar-refractivity contribution is 0.563. The van der Waals surface area contributed by atoms with E-state index in [1.54, 1.807) is 6.20 Å². The fourth-order valence-electron chi connectivity index (χ4n) is 2.11. The molecular formula is C12H18ClN5S. The normalized spacial score (nSPS) is 13.2. The fraction of sp³-hybridized carbons (Fsp3) is 0.583. The molecule has 0 aliphatic carbocycles. The van der Waals surface area contributed by atoms with Gasteiger partial charge in [0.05, 0.1) is 33.5 Å². The maximum absolute atomic E-state index is 6.29. The van der Waals surface area contributed by atoms with Crippen LogP contribution >= 0.6 is 23.1 Å². The van der Waals surface area contributed by atoms with Gasteiger partial charge in [0.2, 0.25) is 0 Å². The van der Waals surface area contributed by atoms with Crippen LogP contribution in [-0.4, -0.2) is 26.4 Å². The van der Waals surface area contributed by atoms with Crippen LogP contribution in [0.15, 0.2) is 6.20 Å². The Labute approximate surface area is 122 Å². The molecule has 0 radical (unpaired) electrons. The van der Waals surface area contributed by atoms with E-state index in [1.165, 1.54) is 11.5 Å². The number of nitrogens with zero attached hydrogens (tertiary/aromatic N) is 4. The predicted octanol–water partition coefficient (Wildman–Crippen LogP) is 2.84. The van der Waals surface area contributed by atoms with E-state index in [9.17, 15) is 0 Å². The summed E-state index contributed by atoms with van der Waals surface area (Å²) < 4.78 is 6.00. The summed E-state index contributed by atoms with van der Waals surface area (Å²) in [6.07, 6.45) is 1.69. The van der Waals surface area contributed by atoms with Gasteiger partial charge in [0.25, 0.3) is 0 Å². The van der Waals surface area contributed by atoms with Gasteiger partial charge in [-0.05, 0) is 31.4 Å². The van der Waals surface area contributed by atoms with E-state index in [4.69, 9.17) is 11.6 Å². The van der Waals surface area contributed by atoms with Crippen molar-refractivity contribution in [1.82, 2.24) is 24.7 Å². The molecule has 0 aliphatic rings. The summed E-state index contributed by atoms with van der Waals surface area (Å²) in [5, 5.41) is 12.5. The van der Waals surface area contributed by atoms with Crippen LogP contribution in [-0.2, 0) is 6.54 Å². The quantitative estimate of drug-likeness (QED) is 0.922. The topological polar surface area (TPSA) is 55.6 Å². The molecule has 0 spiro atoms. The van der Waals surface area contributed by atoms with Crippen LogP contribution in [0, 0.1) is 0 Å². The number of rotatable bonds is 5. The van der Waals surface area contributed by atoms with Crippen molar-refractivity contribution in [2.75, 3.05) is 7.05 Å². The Morgan fingerprint density at radius 1 is 1.47 bits per heavy atom. The molecule has 2 aromatic heterocycles. The van der Waals surface area contributed by atoms with E-state index in [0.29, 0.717) is 10.9 Å². The molecule has 2 aromatic rings. The minimum atomic E-state index is -0.0210. The molecule has 0 saturated carbocycles. The zero-order valence-corrected chi connectivity index (χ0v) is 13.1. The maximum Gasteiger partial charge on any atom is 0.0890 e. The first-order valence-electron chi connectivity index (χ1n) is 6.30. The maximum atomic E-state index is 6.29. The molecule has 1 atom stereocenters. The van der Waals surface area contributed by atoms with Gasteiger partial charge < -0.3 is 5.32 Å². The van der Waals surface area contributed by atoms with Crippen molar-refractivity contribution < 1.29 is 0 Å². The van der Waals surface area contributed by atoms with Crippen LogP contribution < -0.4 is 5.32 Å². The van der Waals surface area contributed by atoms with Gasteiger partial charge >= 0.3 is 0 Å². The molecule has 1 unspecified atom stereocenters. The molecule has 0 fully saturated rings. The molecule has 0 aliphatic heterocycles. The van der Waals surface area contributed by atoms with Gasteiger partial charge in [-0.3, -0.25) is 4.68 Å². The summed E-state index contributed by atoms with van der Waals surface area (Å²) in [7, 11) is 1.91. The molecule has 2 heterocycles. The third-order valence-electron chi connectivity index (χ3n) is 3.04. The number of aryl methyl sites for hydroxylation is 1. The standard InChI is InChI=1S/C12H18ClN5S/c1-5-18-11(8(13)6-15-18)10(14-4)12-9(7(2)3)16-17-19-12/h6-7,10,14H,5H2,1-4H3. The van der Waals surface area contributed by atoms with Gasteiger partial charge in [-0.2, -0.15) is 5.10 Å². The van der Waals surface area contributed by atoms with Gasteiger partial charge in [0.1, 0.15) is 0 Å². The van der Waals surface area contributed by atoms with Crippen molar-refractivity contribution in [3.8, 4) is 0 Å². The van der Waals surface area contributed by atoms with E-state index in [1.807, 2.05) is 18.7 Å². The molecule has 0 aromatic carbocycles. The molecule has 5 nitrogen and oxygen atoms in total. The Balaban J connectivity index is 2.50. The molecule has 19 heavy (non-hydrogen) atoms. The highest BCUT2D eigenvalue weighted by Crippen LogP contribution is 2.33. The number of hydrogen-bond acceptors (Lipinski definition) is 5. The molecule has 0 amide bonds. The summed E-state index contributed by atoms with van der Waals surface area (Å²) in [5.74, 6) is 0.335. The third-order valence-corrected chi connectivity index (χ3v) is 4.14. The van der Waals surface area contributed by atoms with Crippen LogP contribution in [0.2, 0.25) is 5.02 Å².